The highest BCUT2D eigenvalue weighted by Crippen LogP contribution is 2.04. The first-order valence-electron chi connectivity index (χ1n) is 7.04. The zero-order chi connectivity index (χ0) is 15.2. The van der Waals surface area contributed by atoms with E-state index in [0.29, 0.717) is 6.54 Å². The van der Waals surface area contributed by atoms with E-state index >= 15 is 0 Å². The Hall–Kier alpha value is -2.31. The first kappa shape index (κ1) is 15.1. The van der Waals surface area contributed by atoms with Crippen LogP contribution in [0.25, 0.3) is 0 Å². The predicted molar refractivity (Wildman–Crippen MR) is 82.7 cm³/mol. The summed E-state index contributed by atoms with van der Waals surface area (Å²) in [6.07, 6.45) is 3.73. The first-order valence-corrected chi connectivity index (χ1v) is 7.04. The number of hydrogen-bond donors (Lipinski definition) is 1. The minimum atomic E-state index is 0.510. The number of hydrogen-bond acceptors (Lipinski definition) is 3. The molecular weight excluding hydrogens is 266 g/mol. The molecule has 0 bridgehead atoms. The van der Waals surface area contributed by atoms with Gasteiger partial charge in [-0.1, -0.05) is 0 Å². The lowest BCUT2D eigenvalue weighted by molar-refractivity contribution is 0.461. The number of nitrogens with one attached hydrogen (secondary N) is 1. The Kier molecular flexibility index (Phi) is 4.97. The molecule has 7 nitrogen and oxygen atoms in total. The lowest BCUT2D eigenvalue weighted by Gasteiger charge is -2.22. The quantitative estimate of drug-likeness (QED) is 0.652. The molecule has 0 aliphatic carbocycles. The number of guanidine groups is 1. The van der Waals surface area contributed by atoms with Crippen molar-refractivity contribution in [1.29, 1.82) is 0 Å². The molecule has 0 aromatic carbocycles. The van der Waals surface area contributed by atoms with Gasteiger partial charge in [-0.05, 0) is 19.1 Å². The van der Waals surface area contributed by atoms with Crippen LogP contribution in [0.5, 0.6) is 0 Å². The Morgan fingerprint density at radius 1 is 1.38 bits per heavy atom. The summed E-state index contributed by atoms with van der Waals surface area (Å²) in [4.78, 5) is 6.73. The molecule has 0 amide bonds. The van der Waals surface area contributed by atoms with Crippen molar-refractivity contribution in [3.63, 3.8) is 0 Å². The Balaban J connectivity index is 2.06. The molecule has 0 unspecified atom stereocenters. The van der Waals surface area contributed by atoms with Gasteiger partial charge >= 0.3 is 0 Å². The van der Waals surface area contributed by atoms with Gasteiger partial charge in [0.1, 0.15) is 12.9 Å². The van der Waals surface area contributed by atoms with Gasteiger partial charge in [0.15, 0.2) is 11.8 Å². The van der Waals surface area contributed by atoms with E-state index in [1.54, 1.807) is 6.33 Å². The van der Waals surface area contributed by atoms with Gasteiger partial charge in [-0.15, -0.1) is 10.2 Å². The van der Waals surface area contributed by atoms with Crippen molar-refractivity contribution in [2.24, 2.45) is 19.1 Å². The minimum Gasteiger partial charge on any atom is -0.357 e. The molecule has 2 aromatic rings. The molecule has 1 N–H and O–H groups in total. The summed E-state index contributed by atoms with van der Waals surface area (Å²) in [5.74, 6) is 1.71. The summed E-state index contributed by atoms with van der Waals surface area (Å²) in [5.41, 5.74) is 1.24. The van der Waals surface area contributed by atoms with Gasteiger partial charge in [-0.3, -0.25) is 0 Å². The maximum Gasteiger partial charge on any atom is 0.194 e. The van der Waals surface area contributed by atoms with E-state index in [1.807, 2.05) is 38.0 Å². The first-order chi connectivity index (χ1) is 10.1. The maximum atomic E-state index is 4.63. The zero-order valence-electron chi connectivity index (χ0n) is 13.1. The van der Waals surface area contributed by atoms with Crippen LogP contribution in [-0.2, 0) is 27.2 Å². The highest BCUT2D eigenvalue weighted by Gasteiger charge is 2.09. The summed E-state index contributed by atoms with van der Waals surface area (Å²) in [6, 6.07) is 4.16. The maximum absolute atomic E-state index is 4.63. The van der Waals surface area contributed by atoms with Crippen LogP contribution in [0.15, 0.2) is 29.6 Å². The fourth-order valence-electron chi connectivity index (χ4n) is 2.04. The molecule has 21 heavy (non-hydrogen) atoms. The second-order valence-corrected chi connectivity index (χ2v) is 4.99. The topological polar surface area (TPSA) is 63.3 Å². The summed E-state index contributed by atoms with van der Waals surface area (Å²) in [6.45, 7) is 4.20. The van der Waals surface area contributed by atoms with Crippen LogP contribution in [0.2, 0.25) is 0 Å². The van der Waals surface area contributed by atoms with E-state index in [2.05, 4.69) is 43.0 Å². The second kappa shape index (κ2) is 6.92. The van der Waals surface area contributed by atoms with Crippen LogP contribution in [-0.4, -0.2) is 43.8 Å². The van der Waals surface area contributed by atoms with Crippen molar-refractivity contribution >= 4 is 5.96 Å². The SMILES string of the molecule is CCNC(=NCc1nncn1C)N(C)Cc1cccn1C. The highest BCUT2D eigenvalue weighted by atomic mass is 15.3. The molecule has 0 saturated heterocycles. The zero-order valence-corrected chi connectivity index (χ0v) is 13.1. The van der Waals surface area contributed by atoms with Gasteiger partial charge in [0.2, 0.25) is 0 Å². The fraction of sp³-hybridized carbons (Fsp3) is 0.500. The Labute approximate surface area is 125 Å². The van der Waals surface area contributed by atoms with Crippen molar-refractivity contribution in [2.75, 3.05) is 13.6 Å². The molecular formula is C14H23N7. The molecule has 2 heterocycles. The normalized spacial score (nSPS) is 11.7. The van der Waals surface area contributed by atoms with Gasteiger partial charge in [0, 0.05) is 39.6 Å². The van der Waals surface area contributed by atoms with Crippen molar-refractivity contribution < 1.29 is 0 Å². The molecule has 2 rings (SSSR count). The van der Waals surface area contributed by atoms with Gasteiger partial charge < -0.3 is 19.4 Å². The summed E-state index contributed by atoms with van der Waals surface area (Å²) in [7, 11) is 6.00. The smallest absolute Gasteiger partial charge is 0.194 e. The van der Waals surface area contributed by atoms with Crippen LogP contribution >= 0.6 is 0 Å². The average Bonchev–Trinajstić information content (AvgIpc) is 3.04. The lowest BCUT2D eigenvalue weighted by atomic mass is 10.4. The van der Waals surface area contributed by atoms with Crippen molar-refractivity contribution in [2.45, 2.75) is 20.0 Å². The molecule has 0 aliphatic rings. The monoisotopic (exact) mass is 289 g/mol. The number of nitrogens with zero attached hydrogens (tertiary/aromatic N) is 6. The molecule has 0 fully saturated rings. The molecule has 0 atom stereocenters. The number of aromatic nitrogens is 4. The van der Waals surface area contributed by atoms with Crippen LogP contribution in [0, 0.1) is 0 Å². The average molecular weight is 289 g/mol. The van der Waals surface area contributed by atoms with E-state index < -0.39 is 0 Å². The predicted octanol–water partition coefficient (Wildman–Crippen LogP) is 0.751. The van der Waals surface area contributed by atoms with Crippen LogP contribution < -0.4 is 5.32 Å². The fourth-order valence-corrected chi connectivity index (χ4v) is 2.04. The molecule has 0 spiro atoms. The molecule has 2 aromatic heterocycles. The summed E-state index contributed by atoms with van der Waals surface area (Å²) < 4.78 is 3.99. The van der Waals surface area contributed by atoms with Crippen LogP contribution in [0.4, 0.5) is 0 Å². The number of aliphatic imine (C=N–C) groups is 1. The molecule has 7 heteroatoms. The van der Waals surface area contributed by atoms with E-state index in [-0.39, 0.29) is 0 Å². The lowest BCUT2D eigenvalue weighted by Crippen LogP contribution is -2.38. The number of rotatable bonds is 5. The van der Waals surface area contributed by atoms with Crippen LogP contribution in [0.1, 0.15) is 18.4 Å². The Morgan fingerprint density at radius 3 is 2.76 bits per heavy atom. The van der Waals surface area contributed by atoms with E-state index in [9.17, 15) is 0 Å². The van der Waals surface area contributed by atoms with Gasteiger partial charge in [-0.25, -0.2) is 4.99 Å². The summed E-state index contributed by atoms with van der Waals surface area (Å²) >= 11 is 0. The largest absolute Gasteiger partial charge is 0.357 e. The van der Waals surface area contributed by atoms with E-state index in [4.69, 9.17) is 0 Å². The second-order valence-electron chi connectivity index (χ2n) is 4.99. The Morgan fingerprint density at radius 2 is 2.19 bits per heavy atom. The van der Waals surface area contributed by atoms with Crippen molar-refractivity contribution in [3.8, 4) is 0 Å². The third kappa shape index (κ3) is 3.84. The van der Waals surface area contributed by atoms with E-state index in [1.165, 1.54) is 5.69 Å². The Bertz CT molecular complexity index is 596. The van der Waals surface area contributed by atoms with Crippen LogP contribution in [0.3, 0.4) is 0 Å². The van der Waals surface area contributed by atoms with Gasteiger partial charge in [0.05, 0.1) is 6.54 Å². The van der Waals surface area contributed by atoms with Gasteiger partial charge in [-0.2, -0.15) is 0 Å². The molecule has 0 aliphatic heterocycles. The van der Waals surface area contributed by atoms with Crippen molar-refractivity contribution in [1.82, 2.24) is 29.5 Å². The standard InChI is InChI=1S/C14H23N7/c1-5-15-14(16-9-13-18-17-11-21(13)4)20(3)10-12-7-6-8-19(12)2/h6-8,11H,5,9-10H2,1-4H3,(H,15,16). The minimum absolute atomic E-state index is 0.510. The molecule has 114 valence electrons. The molecule has 0 radical (unpaired) electrons. The van der Waals surface area contributed by atoms with Crippen molar-refractivity contribution in [3.05, 3.63) is 36.2 Å². The molecule has 0 saturated carbocycles. The summed E-state index contributed by atoms with van der Waals surface area (Å²) in [5, 5.41) is 11.2. The third-order valence-electron chi connectivity index (χ3n) is 3.32. The highest BCUT2D eigenvalue weighted by molar-refractivity contribution is 5.79. The third-order valence-corrected chi connectivity index (χ3v) is 3.32. The number of aryl methyl sites for hydroxylation is 2. The van der Waals surface area contributed by atoms with Gasteiger partial charge in [0.25, 0.3) is 0 Å². The van der Waals surface area contributed by atoms with E-state index in [0.717, 1.165) is 24.9 Å².